The number of H-pyrrole nitrogens is 1. The molecule has 0 unspecified atom stereocenters. The largest absolute Gasteiger partial charge is 0.481 e. The zero-order valence-electron chi connectivity index (χ0n) is 67.9. The zero-order chi connectivity index (χ0) is 88.8. The lowest BCUT2D eigenvalue weighted by Crippen LogP contribution is -2.05. The number of aromatic nitrogens is 15. The van der Waals surface area contributed by atoms with Crippen LogP contribution < -0.4 is 0 Å². The predicted molar refractivity (Wildman–Crippen MR) is 554 cm³/mol. The van der Waals surface area contributed by atoms with Crippen molar-refractivity contribution in [2.75, 3.05) is 57.3 Å². The molecule has 131 heavy (non-hydrogen) atoms. The highest BCUT2D eigenvalue weighted by Crippen LogP contribution is 2.50. The average Bonchev–Trinajstić information content (AvgIpc) is 1.74. The molecule has 5 aliphatic carbocycles. The van der Waals surface area contributed by atoms with Gasteiger partial charge in [-0.25, -0.2) is 0 Å². The number of carboxylic acids is 1. The molecule has 25 nitrogen and oxygen atoms in total. The summed E-state index contributed by atoms with van der Waals surface area (Å²) in [6.45, 7) is 0. The molecule has 5 saturated carbocycles. The number of carbonyl (C=O) groups excluding carboxylic acids is 4. The summed E-state index contributed by atoms with van der Waals surface area (Å²) in [5.41, 5.74) is 12.2. The molecule has 10 aromatic carbocycles. The van der Waals surface area contributed by atoms with E-state index in [2.05, 4.69) is 332 Å². The first-order chi connectivity index (χ1) is 61.1. The normalized spacial score (nSPS) is 13.2. The molecule has 5 aromatic heterocycles. The number of rotatable bonds is 21. The Morgan fingerprint density at radius 2 is 0.595 bits per heavy atom. The SMILES string of the molecule is Brc1nnc(Br)n1-c1ccc(C2CC2)c2ccccc12.C.C.C.C.C.COC(=O)CCl.COC(=O)CS.COC(=O)CSc1nnc(Br)n1-c1ccc(C2CC2)c2ccccc12.COC(=O)CSc1nnc(Br)n1-c1ccc(C2CC2)c2ccccc12.O=C(O)CSc1nnc(Br)n1-c1ccc(C2CC2)c2ccccc12.S=c1[nH]nc(Br)n1-c1ccc(C2CC2)c2ccccc12. The van der Waals surface area contributed by atoms with E-state index in [4.69, 9.17) is 38.4 Å². The number of carboxylic acid groups (broad SMARTS) is 1. The highest BCUT2D eigenvalue weighted by molar-refractivity contribution is 9.11. The van der Waals surface area contributed by atoms with Crippen molar-refractivity contribution in [2.45, 2.75) is 146 Å². The van der Waals surface area contributed by atoms with E-state index in [0.717, 1.165) is 68.2 Å². The summed E-state index contributed by atoms with van der Waals surface area (Å²) in [4.78, 5) is 53.5. The summed E-state index contributed by atoms with van der Waals surface area (Å²) in [6.07, 6.45) is 12.8. The number of thioether (sulfide) groups is 3. The molecule has 690 valence electrons. The predicted octanol–water partition coefficient (Wildman–Crippen LogP) is 26.1. The first-order valence-electron chi connectivity index (χ1n) is 39.7. The number of benzene rings is 10. The quantitative estimate of drug-likeness (QED) is 0.0150. The number of fused-ring (bicyclic) bond motifs is 5. The molecule has 0 saturated heterocycles. The number of esters is 4. The summed E-state index contributed by atoms with van der Waals surface area (Å²) in [6, 6.07) is 63.9. The number of thiol groups is 1. The zero-order valence-corrected chi connectivity index (χ0v) is 82.4. The lowest BCUT2D eigenvalue weighted by Gasteiger charge is -2.13. The van der Waals surface area contributed by atoms with E-state index in [9.17, 15) is 24.0 Å². The van der Waals surface area contributed by atoms with Crippen LogP contribution in [0.15, 0.2) is 226 Å². The van der Waals surface area contributed by atoms with Crippen LogP contribution in [-0.4, -0.2) is 166 Å². The maximum atomic E-state index is 11.5. The summed E-state index contributed by atoms with van der Waals surface area (Å²) in [5.74, 6) is 1.79. The molecule has 20 rings (SSSR count). The van der Waals surface area contributed by atoms with E-state index in [1.54, 1.807) is 0 Å². The fourth-order valence-electron chi connectivity index (χ4n) is 14.4. The number of nitrogens with one attached hydrogen (secondary N) is 1. The minimum Gasteiger partial charge on any atom is -0.481 e. The number of nitrogens with zero attached hydrogens (tertiary/aromatic N) is 14. The molecule has 0 amide bonds. The Morgan fingerprint density at radius 1 is 0.359 bits per heavy atom. The molecule has 0 spiro atoms. The second kappa shape index (κ2) is 49.5. The van der Waals surface area contributed by atoms with Crippen LogP contribution in [0.2, 0.25) is 0 Å². The van der Waals surface area contributed by atoms with Crippen molar-refractivity contribution in [1.82, 2.24) is 73.8 Å². The lowest BCUT2D eigenvalue weighted by molar-refractivity contribution is -0.138. The van der Waals surface area contributed by atoms with Crippen LogP contribution in [0.4, 0.5) is 0 Å². The van der Waals surface area contributed by atoms with E-state index in [1.165, 1.54) is 182 Å². The number of hydrogen-bond donors (Lipinski definition) is 3. The van der Waals surface area contributed by atoms with Gasteiger partial charge in [-0.15, -0.1) is 57.5 Å². The third-order valence-corrected chi connectivity index (χ3v) is 27.6. The molecule has 0 atom stereocenters. The Hall–Kier alpha value is -8.66. The molecule has 5 fully saturated rings. The van der Waals surface area contributed by atoms with Gasteiger partial charge < -0.3 is 24.1 Å². The van der Waals surface area contributed by atoms with Crippen molar-refractivity contribution in [1.29, 1.82) is 0 Å². The summed E-state index contributed by atoms with van der Waals surface area (Å²) >= 11 is 38.5. The number of hydrogen-bond acceptors (Lipinski definition) is 23. The van der Waals surface area contributed by atoms with E-state index in [1.807, 2.05) is 41.0 Å². The van der Waals surface area contributed by atoms with E-state index in [0.29, 0.717) is 66.4 Å². The third kappa shape index (κ3) is 25.9. The minimum absolute atomic E-state index is 0. The van der Waals surface area contributed by atoms with Gasteiger partial charge in [0.2, 0.25) is 33.2 Å². The van der Waals surface area contributed by atoms with Crippen molar-refractivity contribution < 1.29 is 48.0 Å². The van der Waals surface area contributed by atoms with Gasteiger partial charge in [-0.2, -0.15) is 12.6 Å². The van der Waals surface area contributed by atoms with Gasteiger partial charge in [-0.3, -0.25) is 51.9 Å². The van der Waals surface area contributed by atoms with Crippen molar-refractivity contribution in [3.05, 3.63) is 243 Å². The Labute approximate surface area is 839 Å². The van der Waals surface area contributed by atoms with Gasteiger partial charge in [0.25, 0.3) is 0 Å². The number of alkyl halides is 1. The second-order valence-electron chi connectivity index (χ2n) is 29.3. The fraction of sp³-hybridized carbons (Fsp3) is 0.309. The fourth-order valence-corrected chi connectivity index (χ4v) is 20.5. The second-order valence-corrected chi connectivity index (χ2v) is 37.3. The highest BCUT2D eigenvalue weighted by atomic mass is 79.9. The number of aliphatic carboxylic acids is 1. The van der Waals surface area contributed by atoms with E-state index in [-0.39, 0.29) is 83.9 Å². The number of ether oxygens (including phenoxy) is 4. The van der Waals surface area contributed by atoms with Crippen molar-refractivity contribution >= 4 is 251 Å². The Bertz CT molecular complexity index is 6390. The first kappa shape index (κ1) is 106. The van der Waals surface area contributed by atoms with Gasteiger partial charge in [-0.1, -0.05) is 224 Å². The van der Waals surface area contributed by atoms with Crippen LogP contribution in [-0.2, 0) is 42.9 Å². The monoisotopic (exact) mass is 2270 g/mol. The van der Waals surface area contributed by atoms with Gasteiger partial charge >= 0.3 is 29.8 Å². The van der Waals surface area contributed by atoms with Crippen LogP contribution >= 0.6 is 167 Å². The van der Waals surface area contributed by atoms with Gasteiger partial charge in [0.05, 0.1) is 79.9 Å². The molecule has 15 aromatic rings. The van der Waals surface area contributed by atoms with Crippen LogP contribution in [0.5, 0.6) is 0 Å². The molecular weight excluding hydrogens is 2170 g/mol. The molecule has 0 radical (unpaired) electrons. The Balaban J connectivity index is 0.000000177. The maximum Gasteiger partial charge on any atom is 0.320 e. The van der Waals surface area contributed by atoms with Crippen molar-refractivity contribution in [3.8, 4) is 28.4 Å². The smallest absolute Gasteiger partial charge is 0.320 e. The van der Waals surface area contributed by atoms with Crippen molar-refractivity contribution in [3.63, 3.8) is 0 Å². The third-order valence-electron chi connectivity index (χ3n) is 21.1. The molecule has 0 aliphatic heterocycles. The van der Waals surface area contributed by atoms with Gasteiger partial charge in [0, 0.05) is 26.9 Å². The Kier molecular flexibility index (Phi) is 40.1. The molecule has 5 aliphatic rings. The number of carbonyl (C=O) groups is 5. The highest BCUT2D eigenvalue weighted by Gasteiger charge is 2.32. The van der Waals surface area contributed by atoms with Gasteiger partial charge in [-0.05, 0) is 287 Å². The Morgan fingerprint density at radius 3 is 0.809 bits per heavy atom. The summed E-state index contributed by atoms with van der Waals surface area (Å²) in [7, 11) is 5.39. The van der Waals surface area contributed by atoms with Crippen LogP contribution in [0.25, 0.3) is 82.3 Å². The van der Waals surface area contributed by atoms with Crippen LogP contribution in [0.1, 0.15) is 159 Å². The number of methoxy groups -OCH3 is 4. The van der Waals surface area contributed by atoms with Crippen LogP contribution in [0, 0.1) is 4.77 Å². The average molecular weight is 2280 g/mol. The minimum atomic E-state index is -0.875. The molecule has 0 bridgehead atoms. The van der Waals surface area contributed by atoms with Crippen molar-refractivity contribution in [2.24, 2.45) is 0 Å². The molecule has 37 heteroatoms. The molecular formula is C94H100Br6ClN15O10S5. The van der Waals surface area contributed by atoms with E-state index >= 15 is 0 Å². The lowest BCUT2D eigenvalue weighted by atomic mass is 9.99. The number of aromatic amines is 1. The van der Waals surface area contributed by atoms with E-state index < -0.39 is 11.9 Å². The standard InChI is InChI=1S/2C18H16BrN3O2S.C17H14BrN3O2S.C15H11Br2N3.C15H12BrN3S.C3H5ClO2.C3H6O2S.5CH4/c2*1-24-16(23)10-25-18-21-20-17(19)22(18)15-9-8-12(11-6-7-11)13-4-2-3-5-14(13)15;18-16-19-20-17(24-9-15(22)23)21(16)14-8-7-11(10-5-6-10)12-3-1-2-4-13(12)14;16-14-18-19-15(17)20(14)13-8-7-10(9-5-6-9)11-3-1-2-4-12(11)13;16-14-17-18-15(20)19(14)13-8-7-10(9-5-6-9)11-3-1-2-4-12(11)13;1-6-3(5)2-4;1-5-3(4)2-6;;;;;/h2*2-5,8-9,11H,6-7,10H2,1H3;1-4,7-8,10H,5-6,9H2,(H,22,23);1-4,7-9H,5-6H2;1-4,7-9H,5-6H2,(H,18,20);2H2,1H3;6H,2H2,1H3;5*1H4. The number of halogens is 7. The van der Waals surface area contributed by atoms with Gasteiger partial charge in [0.15, 0.2) is 15.5 Å². The summed E-state index contributed by atoms with van der Waals surface area (Å²) < 4.78 is 31.9. The van der Waals surface area contributed by atoms with Crippen LogP contribution in [0.3, 0.4) is 0 Å². The van der Waals surface area contributed by atoms with Gasteiger partial charge in [0.1, 0.15) is 5.88 Å². The summed E-state index contributed by atoms with van der Waals surface area (Å²) in [5, 5.41) is 63.0. The molecule has 2 N–H and O–H groups in total. The topological polar surface area (TPSA) is 299 Å². The first-order valence-corrected chi connectivity index (χ1v) is 49.0. The molecule has 5 heterocycles. The maximum absolute atomic E-state index is 11.5.